The Bertz CT molecular complexity index is 489. The smallest absolute Gasteiger partial charge is 0.145 e. The first-order valence-electron chi connectivity index (χ1n) is 8.44. The molecule has 1 aromatic rings. The zero-order valence-corrected chi connectivity index (χ0v) is 13.4. The zero-order chi connectivity index (χ0) is 15.4. The number of aliphatic hydroxyl groups is 1. The number of para-hydroxylation sites is 1. The normalized spacial score (nSPS) is 21.5. The molecule has 0 spiro atoms. The number of hydrogen-bond acceptors (Lipinski definition) is 5. The van der Waals surface area contributed by atoms with Gasteiger partial charge < -0.3 is 25.0 Å². The predicted octanol–water partition coefficient (Wildman–Crippen LogP) is 1.46. The highest BCUT2D eigenvalue weighted by Gasteiger charge is 2.28. The minimum absolute atomic E-state index is 0.235. The van der Waals surface area contributed by atoms with Crippen molar-refractivity contribution >= 4 is 11.4 Å². The first-order chi connectivity index (χ1) is 10.8. The Labute approximate surface area is 132 Å². The van der Waals surface area contributed by atoms with E-state index in [2.05, 4.69) is 40.2 Å². The Morgan fingerprint density at radius 1 is 1.32 bits per heavy atom. The largest absolute Gasteiger partial charge is 0.486 e. The summed E-state index contributed by atoms with van der Waals surface area (Å²) in [5.41, 5.74) is 2.48. The molecule has 5 heteroatoms. The molecule has 3 rings (SSSR count). The number of rotatable bonds is 5. The topological polar surface area (TPSA) is 48.0 Å². The predicted molar refractivity (Wildman–Crippen MR) is 90.1 cm³/mol. The lowest BCUT2D eigenvalue weighted by Gasteiger charge is -2.40. The van der Waals surface area contributed by atoms with Crippen LogP contribution >= 0.6 is 0 Å². The fraction of sp³-hybridized carbons (Fsp3) is 0.647. The Morgan fingerprint density at radius 3 is 2.86 bits per heavy atom. The molecule has 2 heterocycles. The molecule has 0 amide bonds. The maximum Gasteiger partial charge on any atom is 0.145 e. The van der Waals surface area contributed by atoms with Crippen molar-refractivity contribution in [2.24, 2.45) is 0 Å². The summed E-state index contributed by atoms with van der Waals surface area (Å²) >= 11 is 0. The molecular weight excluding hydrogens is 278 g/mol. The molecule has 0 aromatic heterocycles. The molecule has 22 heavy (non-hydrogen) atoms. The quantitative estimate of drug-likeness (QED) is 0.862. The van der Waals surface area contributed by atoms with Gasteiger partial charge in [-0.2, -0.15) is 0 Å². The zero-order valence-electron chi connectivity index (χ0n) is 13.4. The minimum Gasteiger partial charge on any atom is -0.486 e. The highest BCUT2D eigenvalue weighted by atomic mass is 16.5. The van der Waals surface area contributed by atoms with E-state index in [4.69, 9.17) is 4.74 Å². The van der Waals surface area contributed by atoms with E-state index in [0.29, 0.717) is 0 Å². The molecule has 2 aliphatic heterocycles. The summed E-state index contributed by atoms with van der Waals surface area (Å²) in [7, 11) is 0. The van der Waals surface area contributed by atoms with Crippen molar-refractivity contribution in [3.8, 4) is 5.75 Å². The van der Waals surface area contributed by atoms with Crippen molar-refractivity contribution in [1.29, 1.82) is 0 Å². The molecule has 0 bridgehead atoms. The summed E-state index contributed by atoms with van der Waals surface area (Å²) in [5.74, 6) is 0.993. The molecule has 1 atom stereocenters. The second-order valence-corrected chi connectivity index (χ2v) is 6.03. The molecule has 0 radical (unpaired) electrons. The van der Waals surface area contributed by atoms with Crippen molar-refractivity contribution < 1.29 is 9.84 Å². The summed E-state index contributed by atoms with van der Waals surface area (Å²) < 4.78 is 6.18. The molecule has 1 unspecified atom stereocenters. The molecule has 0 saturated carbocycles. The van der Waals surface area contributed by atoms with Crippen LogP contribution in [-0.2, 0) is 0 Å². The van der Waals surface area contributed by atoms with E-state index in [9.17, 15) is 5.11 Å². The summed E-state index contributed by atoms with van der Waals surface area (Å²) in [6.07, 6.45) is 2.04. The van der Waals surface area contributed by atoms with Crippen LogP contribution in [0.5, 0.6) is 5.75 Å². The van der Waals surface area contributed by atoms with Gasteiger partial charge >= 0.3 is 0 Å². The van der Waals surface area contributed by atoms with Crippen molar-refractivity contribution in [2.75, 3.05) is 55.7 Å². The molecule has 2 aliphatic rings. The third-order valence-electron chi connectivity index (χ3n) is 4.51. The van der Waals surface area contributed by atoms with Crippen LogP contribution in [0.2, 0.25) is 0 Å². The molecule has 5 nitrogen and oxygen atoms in total. The Balaban J connectivity index is 1.92. The van der Waals surface area contributed by atoms with E-state index in [-0.39, 0.29) is 12.7 Å². The molecule has 2 N–H and O–H groups in total. The number of piperazine rings is 1. The van der Waals surface area contributed by atoms with Crippen LogP contribution in [0.1, 0.15) is 19.8 Å². The van der Waals surface area contributed by atoms with E-state index in [1.54, 1.807) is 0 Å². The number of ether oxygens (including phenoxy) is 1. The lowest BCUT2D eigenvalue weighted by molar-refractivity contribution is 0.187. The number of hydrogen-bond donors (Lipinski definition) is 2. The number of nitrogens with zero attached hydrogens (tertiary/aromatic N) is 2. The van der Waals surface area contributed by atoms with Gasteiger partial charge in [0.05, 0.1) is 12.2 Å². The van der Waals surface area contributed by atoms with Crippen LogP contribution in [0.25, 0.3) is 0 Å². The van der Waals surface area contributed by atoms with Crippen LogP contribution in [0.15, 0.2) is 18.2 Å². The molecule has 1 fully saturated rings. The number of fused-ring (bicyclic) bond motifs is 1. The number of benzene rings is 1. The molecule has 1 aromatic carbocycles. The fourth-order valence-electron chi connectivity index (χ4n) is 3.32. The Kier molecular flexibility index (Phi) is 5.05. The summed E-state index contributed by atoms with van der Waals surface area (Å²) in [6.45, 7) is 8.30. The van der Waals surface area contributed by atoms with Crippen molar-refractivity contribution in [3.05, 3.63) is 18.2 Å². The summed E-state index contributed by atoms with van der Waals surface area (Å²) in [6, 6.07) is 6.37. The van der Waals surface area contributed by atoms with Crippen LogP contribution in [0, 0.1) is 0 Å². The molecule has 122 valence electrons. The Hall–Kier alpha value is -1.46. The van der Waals surface area contributed by atoms with Gasteiger partial charge in [-0.25, -0.2) is 0 Å². The lowest BCUT2D eigenvalue weighted by Crippen LogP contribution is -2.46. The monoisotopic (exact) mass is 305 g/mol. The van der Waals surface area contributed by atoms with Gasteiger partial charge in [0.15, 0.2) is 0 Å². The standard InChI is InChI=1S/C17H27N3O2/c1-2-14-13-20(9-4-12-21)17-15(5-3-6-16(17)22-14)19-10-7-18-8-11-19/h3,5-6,14,18,21H,2,4,7-13H2,1H3. The van der Waals surface area contributed by atoms with Gasteiger partial charge in [0, 0.05) is 39.3 Å². The maximum absolute atomic E-state index is 9.21. The van der Waals surface area contributed by atoms with Crippen LogP contribution in [-0.4, -0.2) is 57.1 Å². The first kappa shape index (κ1) is 15.4. The fourth-order valence-corrected chi connectivity index (χ4v) is 3.32. The average molecular weight is 305 g/mol. The molecule has 0 aliphatic carbocycles. The SMILES string of the molecule is CCC1CN(CCCO)c2c(cccc2N2CCNCC2)O1. The Morgan fingerprint density at radius 2 is 2.14 bits per heavy atom. The van der Waals surface area contributed by atoms with E-state index in [1.807, 2.05) is 0 Å². The number of aliphatic hydroxyl groups excluding tert-OH is 1. The van der Waals surface area contributed by atoms with Crippen molar-refractivity contribution in [3.63, 3.8) is 0 Å². The third kappa shape index (κ3) is 3.15. The van der Waals surface area contributed by atoms with Crippen molar-refractivity contribution in [1.82, 2.24) is 5.32 Å². The van der Waals surface area contributed by atoms with Crippen LogP contribution in [0.3, 0.4) is 0 Å². The minimum atomic E-state index is 0.235. The van der Waals surface area contributed by atoms with Gasteiger partial charge in [0.1, 0.15) is 17.5 Å². The number of anilines is 2. The molecular formula is C17H27N3O2. The third-order valence-corrected chi connectivity index (χ3v) is 4.51. The van der Waals surface area contributed by atoms with E-state index in [1.165, 1.54) is 11.4 Å². The highest BCUT2D eigenvalue weighted by Crippen LogP contribution is 2.42. The average Bonchev–Trinajstić information content (AvgIpc) is 2.59. The van der Waals surface area contributed by atoms with E-state index >= 15 is 0 Å². The van der Waals surface area contributed by atoms with Gasteiger partial charge in [-0.1, -0.05) is 13.0 Å². The highest BCUT2D eigenvalue weighted by molar-refractivity contribution is 5.78. The number of nitrogens with one attached hydrogen (secondary N) is 1. The second-order valence-electron chi connectivity index (χ2n) is 6.03. The van der Waals surface area contributed by atoms with Gasteiger partial charge in [-0.05, 0) is 25.0 Å². The van der Waals surface area contributed by atoms with Gasteiger partial charge in [0.25, 0.3) is 0 Å². The first-order valence-corrected chi connectivity index (χ1v) is 8.44. The lowest BCUT2D eigenvalue weighted by atomic mass is 10.1. The van der Waals surface area contributed by atoms with Crippen LogP contribution < -0.4 is 19.9 Å². The second kappa shape index (κ2) is 7.20. The van der Waals surface area contributed by atoms with Crippen molar-refractivity contribution in [2.45, 2.75) is 25.9 Å². The van der Waals surface area contributed by atoms with Gasteiger partial charge in [-0.3, -0.25) is 0 Å². The van der Waals surface area contributed by atoms with Gasteiger partial charge in [-0.15, -0.1) is 0 Å². The maximum atomic E-state index is 9.21. The molecule has 1 saturated heterocycles. The van der Waals surface area contributed by atoms with Gasteiger partial charge in [0.2, 0.25) is 0 Å². The van der Waals surface area contributed by atoms with E-state index in [0.717, 1.165) is 57.9 Å². The van der Waals surface area contributed by atoms with Crippen LogP contribution in [0.4, 0.5) is 11.4 Å². The summed E-state index contributed by atoms with van der Waals surface area (Å²) in [5, 5.41) is 12.6. The van der Waals surface area contributed by atoms with E-state index < -0.39 is 0 Å². The summed E-state index contributed by atoms with van der Waals surface area (Å²) in [4.78, 5) is 4.84.